The summed E-state index contributed by atoms with van der Waals surface area (Å²) in [5.74, 6) is 1.94. The van der Waals surface area contributed by atoms with Gasteiger partial charge in [-0.15, -0.1) is 0 Å². The molecule has 0 heterocycles. The fourth-order valence-electron chi connectivity index (χ4n) is 3.77. The van der Waals surface area contributed by atoms with Crippen molar-refractivity contribution in [2.45, 2.75) is 51.9 Å². The standard InChI is InChI=1S/C23H28O3/c1-4-5-6-20(24)22-18-12-11-17-9-7-16(15-21(17)25-2)8-10-19(14-13-18)23(22)26-3/h7,9,13-15H,4-6,8,10-12H2,1-3H3. The number of methoxy groups -OCH3 is 2. The Balaban J connectivity index is 2.05. The largest absolute Gasteiger partial charge is 0.496 e. The SMILES string of the molecule is CCCCC(=O)c1c2ccc(c1OC)CCc1ccc(c(OC)c1)CC2. The van der Waals surface area contributed by atoms with Crippen molar-refractivity contribution < 1.29 is 14.3 Å². The van der Waals surface area contributed by atoms with Crippen LogP contribution in [0.15, 0.2) is 30.3 Å². The lowest BCUT2D eigenvalue weighted by Crippen LogP contribution is -2.11. The average Bonchev–Trinajstić information content (AvgIpc) is 2.66. The van der Waals surface area contributed by atoms with E-state index >= 15 is 0 Å². The van der Waals surface area contributed by atoms with Gasteiger partial charge in [-0.3, -0.25) is 4.79 Å². The number of hydrogen-bond donors (Lipinski definition) is 0. The molecule has 2 aromatic rings. The van der Waals surface area contributed by atoms with Gasteiger partial charge >= 0.3 is 0 Å². The quantitative estimate of drug-likeness (QED) is 0.689. The smallest absolute Gasteiger partial charge is 0.166 e. The van der Waals surface area contributed by atoms with E-state index in [0.717, 1.165) is 66.7 Å². The summed E-state index contributed by atoms with van der Waals surface area (Å²) >= 11 is 0. The molecule has 4 aliphatic carbocycles. The summed E-state index contributed by atoms with van der Waals surface area (Å²) in [6, 6.07) is 10.7. The first kappa shape index (κ1) is 18.5. The van der Waals surface area contributed by atoms with Gasteiger partial charge in [0.2, 0.25) is 0 Å². The zero-order valence-electron chi connectivity index (χ0n) is 16.1. The van der Waals surface area contributed by atoms with Crippen LogP contribution in [-0.4, -0.2) is 20.0 Å². The number of rotatable bonds is 6. The lowest BCUT2D eigenvalue weighted by molar-refractivity contribution is 0.0975. The van der Waals surface area contributed by atoms with Crippen molar-refractivity contribution in [1.29, 1.82) is 0 Å². The topological polar surface area (TPSA) is 35.5 Å². The maximum Gasteiger partial charge on any atom is 0.166 e. The van der Waals surface area contributed by atoms with Gasteiger partial charge in [0.05, 0.1) is 19.8 Å². The number of ketones is 1. The highest BCUT2D eigenvalue weighted by molar-refractivity contribution is 6.00. The first-order valence-corrected chi connectivity index (χ1v) is 9.55. The molecule has 2 aromatic carbocycles. The number of unbranched alkanes of at least 4 members (excludes halogenated alkanes) is 1. The van der Waals surface area contributed by atoms with Gasteiger partial charge in [-0.25, -0.2) is 0 Å². The molecule has 138 valence electrons. The third-order valence-corrected chi connectivity index (χ3v) is 5.26. The summed E-state index contributed by atoms with van der Waals surface area (Å²) in [4.78, 5) is 12.9. The fourth-order valence-corrected chi connectivity index (χ4v) is 3.77. The van der Waals surface area contributed by atoms with Crippen molar-refractivity contribution in [3.05, 3.63) is 58.1 Å². The lowest BCUT2D eigenvalue weighted by atomic mass is 9.89. The second-order valence-corrected chi connectivity index (χ2v) is 6.96. The number of hydrogen-bond acceptors (Lipinski definition) is 3. The summed E-state index contributed by atoms with van der Waals surface area (Å²) in [7, 11) is 3.41. The van der Waals surface area contributed by atoms with Crippen LogP contribution in [0.4, 0.5) is 0 Å². The molecule has 0 aromatic heterocycles. The number of aryl methyl sites for hydroxylation is 4. The Hall–Kier alpha value is -2.29. The van der Waals surface area contributed by atoms with E-state index in [-0.39, 0.29) is 5.78 Å². The van der Waals surface area contributed by atoms with Gasteiger partial charge < -0.3 is 9.47 Å². The molecule has 0 spiro atoms. The van der Waals surface area contributed by atoms with Gasteiger partial charge in [-0.1, -0.05) is 37.6 Å². The van der Waals surface area contributed by atoms with Gasteiger partial charge in [0.25, 0.3) is 0 Å². The van der Waals surface area contributed by atoms with Crippen molar-refractivity contribution in [2.75, 3.05) is 14.2 Å². The number of benzene rings is 2. The molecule has 0 N–H and O–H groups in total. The summed E-state index contributed by atoms with van der Waals surface area (Å²) in [6.45, 7) is 2.11. The van der Waals surface area contributed by atoms with Crippen LogP contribution in [0.2, 0.25) is 0 Å². The number of ether oxygens (including phenoxy) is 2. The molecule has 4 bridgehead atoms. The van der Waals surface area contributed by atoms with Crippen LogP contribution in [0.1, 0.15) is 58.8 Å². The predicted molar refractivity (Wildman–Crippen MR) is 105 cm³/mol. The van der Waals surface area contributed by atoms with Gasteiger partial charge in [0.15, 0.2) is 5.78 Å². The maximum atomic E-state index is 12.9. The minimum Gasteiger partial charge on any atom is -0.496 e. The van der Waals surface area contributed by atoms with Gasteiger partial charge in [-0.05, 0) is 60.4 Å². The van der Waals surface area contributed by atoms with E-state index in [4.69, 9.17) is 9.47 Å². The minimum atomic E-state index is 0.207. The molecule has 0 aliphatic heterocycles. The normalized spacial score (nSPS) is 13.2. The molecule has 0 saturated carbocycles. The van der Waals surface area contributed by atoms with Crippen molar-refractivity contribution in [1.82, 2.24) is 0 Å². The van der Waals surface area contributed by atoms with E-state index in [1.54, 1.807) is 14.2 Å². The third kappa shape index (κ3) is 3.77. The molecule has 0 radical (unpaired) electrons. The van der Waals surface area contributed by atoms with Crippen molar-refractivity contribution in [3.8, 4) is 11.5 Å². The van der Waals surface area contributed by atoms with E-state index in [9.17, 15) is 4.79 Å². The number of Topliss-reactive ketones (excluding diaryl/α,β-unsaturated/α-hetero) is 1. The molecule has 0 amide bonds. The molecule has 4 aliphatic rings. The molecule has 0 unspecified atom stereocenters. The summed E-state index contributed by atoms with van der Waals surface area (Å²) < 4.78 is 11.3. The molecule has 6 rings (SSSR count). The number of carbonyl (C=O) groups is 1. The molecular formula is C23H28O3. The summed E-state index contributed by atoms with van der Waals surface area (Å²) in [5.41, 5.74) is 5.42. The van der Waals surface area contributed by atoms with E-state index in [1.807, 2.05) is 0 Å². The van der Waals surface area contributed by atoms with Crippen molar-refractivity contribution in [2.24, 2.45) is 0 Å². The Bertz CT molecular complexity index is 792. The fraction of sp³-hybridized carbons (Fsp3) is 0.435. The summed E-state index contributed by atoms with van der Waals surface area (Å²) in [5, 5.41) is 0. The third-order valence-electron chi connectivity index (χ3n) is 5.26. The van der Waals surface area contributed by atoms with Crippen molar-refractivity contribution >= 4 is 5.78 Å². The minimum absolute atomic E-state index is 0.207. The van der Waals surface area contributed by atoms with Gasteiger partial charge in [-0.2, -0.15) is 0 Å². The van der Waals surface area contributed by atoms with Crippen LogP contribution < -0.4 is 9.47 Å². The zero-order chi connectivity index (χ0) is 18.5. The Kier molecular flexibility index (Phi) is 5.97. The van der Waals surface area contributed by atoms with E-state index < -0.39 is 0 Å². The van der Waals surface area contributed by atoms with Crippen LogP contribution in [-0.2, 0) is 25.7 Å². The first-order chi connectivity index (χ1) is 12.7. The van der Waals surface area contributed by atoms with Crippen LogP contribution in [0.25, 0.3) is 0 Å². The molecule has 0 fully saturated rings. The maximum absolute atomic E-state index is 12.9. The molecule has 3 nitrogen and oxygen atoms in total. The second-order valence-electron chi connectivity index (χ2n) is 6.96. The lowest BCUT2D eigenvalue weighted by Gasteiger charge is -2.19. The molecule has 26 heavy (non-hydrogen) atoms. The molecular weight excluding hydrogens is 324 g/mol. The van der Waals surface area contributed by atoms with E-state index in [1.165, 1.54) is 11.1 Å². The van der Waals surface area contributed by atoms with Crippen LogP contribution in [0.5, 0.6) is 11.5 Å². The van der Waals surface area contributed by atoms with Crippen molar-refractivity contribution in [3.63, 3.8) is 0 Å². The average molecular weight is 352 g/mol. The van der Waals surface area contributed by atoms with Gasteiger partial charge in [0, 0.05) is 6.42 Å². The predicted octanol–water partition coefficient (Wildman–Crippen LogP) is 4.96. The van der Waals surface area contributed by atoms with Crippen LogP contribution in [0, 0.1) is 0 Å². The highest BCUT2D eigenvalue weighted by Crippen LogP contribution is 2.33. The molecule has 0 saturated heterocycles. The number of carbonyl (C=O) groups excluding carboxylic acids is 1. The molecule has 3 heteroatoms. The Morgan fingerprint density at radius 3 is 2.35 bits per heavy atom. The Labute approximate surface area is 156 Å². The van der Waals surface area contributed by atoms with E-state index in [0.29, 0.717) is 6.42 Å². The summed E-state index contributed by atoms with van der Waals surface area (Å²) in [6.07, 6.45) is 5.92. The second kappa shape index (κ2) is 8.39. The van der Waals surface area contributed by atoms with Gasteiger partial charge in [0.1, 0.15) is 11.5 Å². The Morgan fingerprint density at radius 1 is 0.923 bits per heavy atom. The highest BCUT2D eigenvalue weighted by atomic mass is 16.5. The Morgan fingerprint density at radius 2 is 1.62 bits per heavy atom. The van der Waals surface area contributed by atoms with Crippen LogP contribution in [0.3, 0.4) is 0 Å². The van der Waals surface area contributed by atoms with E-state index in [2.05, 4.69) is 37.3 Å². The first-order valence-electron chi connectivity index (χ1n) is 9.55. The highest BCUT2D eigenvalue weighted by Gasteiger charge is 2.21. The molecule has 0 atom stereocenters. The van der Waals surface area contributed by atoms with Crippen LogP contribution >= 0.6 is 0 Å². The monoisotopic (exact) mass is 352 g/mol. The zero-order valence-corrected chi connectivity index (χ0v) is 16.1.